The summed E-state index contributed by atoms with van der Waals surface area (Å²) >= 11 is 7.49. The first kappa shape index (κ1) is 18.7. The van der Waals surface area contributed by atoms with E-state index in [1.165, 1.54) is 22.8 Å². The molecule has 0 saturated carbocycles. The average molecular weight is 416 g/mol. The molecule has 1 aliphatic heterocycles. The Labute approximate surface area is 169 Å². The number of allylic oxidation sites excluding steroid dienone is 1. The highest BCUT2D eigenvalue weighted by Crippen LogP contribution is 2.33. The monoisotopic (exact) mass is 415 g/mol. The lowest BCUT2D eigenvalue weighted by Crippen LogP contribution is -2.39. The summed E-state index contributed by atoms with van der Waals surface area (Å²) in [4.78, 5) is 41.6. The zero-order valence-corrected chi connectivity index (χ0v) is 16.8. The third-order valence-corrected chi connectivity index (χ3v) is 6.42. The average Bonchev–Trinajstić information content (AvgIpc) is 3.04. The number of hydrogen-bond donors (Lipinski definition) is 0. The van der Waals surface area contributed by atoms with Crippen LogP contribution in [0.2, 0.25) is 5.02 Å². The van der Waals surface area contributed by atoms with Crippen molar-refractivity contribution in [1.82, 2.24) is 14.0 Å². The molecular weight excluding hydrogens is 398 g/mol. The number of hydrogen-bond acceptors (Lipinski definition) is 4. The first-order chi connectivity index (χ1) is 13.4. The van der Waals surface area contributed by atoms with Gasteiger partial charge in [0, 0.05) is 29.9 Å². The summed E-state index contributed by atoms with van der Waals surface area (Å²) in [6, 6.07) is 6.69. The van der Waals surface area contributed by atoms with Gasteiger partial charge in [-0.05, 0) is 30.2 Å². The van der Waals surface area contributed by atoms with E-state index in [0.717, 1.165) is 10.4 Å². The van der Waals surface area contributed by atoms with E-state index in [-0.39, 0.29) is 18.0 Å². The Kier molecular flexibility index (Phi) is 4.72. The van der Waals surface area contributed by atoms with E-state index < -0.39 is 5.69 Å². The van der Waals surface area contributed by atoms with Gasteiger partial charge in [0.15, 0.2) is 0 Å². The number of nitrogens with zero attached hydrogens (tertiary/aromatic N) is 3. The molecule has 0 radical (unpaired) electrons. The molecule has 0 atom stereocenters. The van der Waals surface area contributed by atoms with Crippen molar-refractivity contribution in [2.75, 3.05) is 6.54 Å². The van der Waals surface area contributed by atoms with Gasteiger partial charge in [-0.3, -0.25) is 14.2 Å². The molecule has 3 aromatic rings. The molecule has 6 nitrogen and oxygen atoms in total. The van der Waals surface area contributed by atoms with E-state index in [1.807, 2.05) is 0 Å². The summed E-state index contributed by atoms with van der Waals surface area (Å²) in [6.07, 6.45) is 2.22. The number of benzene rings is 1. The standard InChI is InChI=1S/C20H18ClN3O3S/c1-3-8-23-19-17(15-7-9-22(12(2)25)11-16(15)28-19)18(26)24(20(23)27)14-6-4-5-13(21)10-14/h3-6,10H,1,7-9,11H2,2H3. The lowest BCUT2D eigenvalue weighted by atomic mass is 10.1. The van der Waals surface area contributed by atoms with Crippen LogP contribution in [-0.4, -0.2) is 26.5 Å². The summed E-state index contributed by atoms with van der Waals surface area (Å²) in [6.45, 7) is 6.59. The minimum Gasteiger partial charge on any atom is -0.337 e. The predicted molar refractivity (Wildman–Crippen MR) is 112 cm³/mol. The van der Waals surface area contributed by atoms with Gasteiger partial charge in [-0.25, -0.2) is 9.36 Å². The van der Waals surface area contributed by atoms with Crippen LogP contribution in [-0.2, 0) is 24.3 Å². The summed E-state index contributed by atoms with van der Waals surface area (Å²) in [5, 5.41) is 0.994. The fourth-order valence-electron chi connectivity index (χ4n) is 3.61. The fourth-order valence-corrected chi connectivity index (χ4v) is 5.15. The fraction of sp³-hybridized carbons (Fsp3) is 0.250. The minimum atomic E-state index is -0.429. The van der Waals surface area contributed by atoms with Crippen molar-refractivity contribution < 1.29 is 4.79 Å². The molecule has 0 bridgehead atoms. The van der Waals surface area contributed by atoms with Crippen LogP contribution in [0.15, 0.2) is 46.5 Å². The van der Waals surface area contributed by atoms with Crippen LogP contribution in [0.25, 0.3) is 15.9 Å². The van der Waals surface area contributed by atoms with Gasteiger partial charge in [0.05, 0.1) is 17.6 Å². The maximum Gasteiger partial charge on any atom is 0.337 e. The molecule has 3 heterocycles. The van der Waals surface area contributed by atoms with Gasteiger partial charge >= 0.3 is 5.69 Å². The SMILES string of the molecule is C=CCn1c(=O)n(-c2cccc(Cl)c2)c(=O)c2c3c(sc21)CN(C(C)=O)CC3. The topological polar surface area (TPSA) is 64.3 Å². The first-order valence-electron chi connectivity index (χ1n) is 8.84. The van der Waals surface area contributed by atoms with Gasteiger partial charge in [-0.1, -0.05) is 23.7 Å². The van der Waals surface area contributed by atoms with Crippen molar-refractivity contribution in [3.8, 4) is 5.69 Å². The lowest BCUT2D eigenvalue weighted by molar-refractivity contribution is -0.129. The Bertz CT molecular complexity index is 1240. The maximum atomic E-state index is 13.4. The quantitative estimate of drug-likeness (QED) is 0.618. The summed E-state index contributed by atoms with van der Waals surface area (Å²) in [5.41, 5.74) is 0.581. The number of halogens is 1. The molecule has 0 fully saturated rings. The van der Waals surface area contributed by atoms with Crippen molar-refractivity contribution in [1.29, 1.82) is 0 Å². The van der Waals surface area contributed by atoms with Gasteiger partial charge in [0.1, 0.15) is 4.83 Å². The van der Waals surface area contributed by atoms with Crippen molar-refractivity contribution in [3.63, 3.8) is 0 Å². The van der Waals surface area contributed by atoms with E-state index in [9.17, 15) is 14.4 Å². The number of thiophene rings is 1. The van der Waals surface area contributed by atoms with Crippen molar-refractivity contribution in [3.05, 3.63) is 73.2 Å². The highest BCUT2D eigenvalue weighted by Gasteiger charge is 2.27. The Hall–Kier alpha value is -2.64. The van der Waals surface area contributed by atoms with Crippen LogP contribution in [0, 0.1) is 0 Å². The molecule has 144 valence electrons. The number of aromatic nitrogens is 2. The van der Waals surface area contributed by atoms with Crippen LogP contribution in [0.3, 0.4) is 0 Å². The molecule has 2 aromatic heterocycles. The Morgan fingerprint density at radius 3 is 2.82 bits per heavy atom. The minimum absolute atomic E-state index is 0.00271. The third-order valence-electron chi connectivity index (χ3n) is 4.95. The van der Waals surface area contributed by atoms with Gasteiger partial charge in [0.25, 0.3) is 5.56 Å². The van der Waals surface area contributed by atoms with Gasteiger partial charge < -0.3 is 4.90 Å². The Morgan fingerprint density at radius 1 is 1.36 bits per heavy atom. The van der Waals surface area contributed by atoms with Crippen LogP contribution < -0.4 is 11.2 Å². The highest BCUT2D eigenvalue weighted by molar-refractivity contribution is 7.18. The highest BCUT2D eigenvalue weighted by atomic mass is 35.5. The van der Waals surface area contributed by atoms with E-state index in [0.29, 0.717) is 40.4 Å². The van der Waals surface area contributed by atoms with Crippen molar-refractivity contribution in [2.24, 2.45) is 0 Å². The van der Waals surface area contributed by atoms with Gasteiger partial charge in [0.2, 0.25) is 5.91 Å². The van der Waals surface area contributed by atoms with Crippen molar-refractivity contribution >= 4 is 39.1 Å². The number of rotatable bonds is 3. The second kappa shape index (κ2) is 7.07. The molecule has 4 rings (SSSR count). The zero-order chi connectivity index (χ0) is 20.0. The molecule has 0 aliphatic carbocycles. The van der Waals surface area contributed by atoms with Gasteiger partial charge in [-0.15, -0.1) is 17.9 Å². The van der Waals surface area contributed by atoms with Crippen LogP contribution >= 0.6 is 22.9 Å². The molecule has 1 aromatic carbocycles. The molecule has 0 spiro atoms. The lowest BCUT2D eigenvalue weighted by Gasteiger charge is -2.25. The molecule has 8 heteroatoms. The zero-order valence-electron chi connectivity index (χ0n) is 15.3. The molecule has 0 unspecified atom stereocenters. The third kappa shape index (κ3) is 2.91. The molecule has 0 N–H and O–H groups in total. The largest absolute Gasteiger partial charge is 0.337 e. The molecule has 1 aliphatic rings. The molecule has 1 amide bonds. The first-order valence-corrected chi connectivity index (χ1v) is 10.0. The van der Waals surface area contributed by atoms with E-state index >= 15 is 0 Å². The maximum absolute atomic E-state index is 13.4. The second-order valence-corrected chi connectivity index (χ2v) is 8.20. The second-order valence-electron chi connectivity index (χ2n) is 6.68. The number of carbonyl (C=O) groups is 1. The van der Waals surface area contributed by atoms with E-state index in [4.69, 9.17) is 11.6 Å². The Balaban J connectivity index is 2.06. The predicted octanol–water partition coefficient (Wildman–Crippen LogP) is 2.96. The van der Waals surface area contributed by atoms with Crippen molar-refractivity contribution in [2.45, 2.75) is 26.4 Å². The normalized spacial score (nSPS) is 13.6. The van der Waals surface area contributed by atoms with Crippen LogP contribution in [0.5, 0.6) is 0 Å². The Morgan fingerprint density at radius 2 is 2.14 bits per heavy atom. The molecular formula is C20H18ClN3O3S. The van der Waals surface area contributed by atoms with Crippen LogP contribution in [0.4, 0.5) is 0 Å². The van der Waals surface area contributed by atoms with Gasteiger partial charge in [-0.2, -0.15) is 0 Å². The number of fused-ring (bicyclic) bond motifs is 3. The van der Waals surface area contributed by atoms with E-state index in [2.05, 4.69) is 6.58 Å². The number of amides is 1. The smallest absolute Gasteiger partial charge is 0.337 e. The summed E-state index contributed by atoms with van der Waals surface area (Å²) < 4.78 is 2.73. The molecule has 28 heavy (non-hydrogen) atoms. The van der Waals surface area contributed by atoms with Crippen LogP contribution in [0.1, 0.15) is 17.4 Å². The molecule has 0 saturated heterocycles. The number of carbonyl (C=O) groups excluding carboxylic acids is 1. The summed E-state index contributed by atoms with van der Waals surface area (Å²) in [5.74, 6) is 0.00271. The summed E-state index contributed by atoms with van der Waals surface area (Å²) in [7, 11) is 0. The van der Waals surface area contributed by atoms with E-state index in [1.54, 1.807) is 39.8 Å².